The first kappa shape index (κ1) is 20.0. The summed E-state index contributed by atoms with van der Waals surface area (Å²) >= 11 is 1.50. The predicted molar refractivity (Wildman–Crippen MR) is 115 cm³/mol. The fourth-order valence-electron chi connectivity index (χ4n) is 3.51. The van der Waals surface area contributed by atoms with Gasteiger partial charge >= 0.3 is 0 Å². The van der Waals surface area contributed by atoms with Crippen molar-refractivity contribution in [3.05, 3.63) is 53.9 Å². The third-order valence-corrected chi connectivity index (χ3v) is 5.63. The maximum Gasteiger partial charge on any atom is 0.104 e. The van der Waals surface area contributed by atoms with Crippen LogP contribution in [0.4, 0.5) is 0 Å². The van der Waals surface area contributed by atoms with Gasteiger partial charge in [-0.1, -0.05) is 51.1 Å². The molecule has 144 valence electrons. The van der Waals surface area contributed by atoms with Crippen LogP contribution in [-0.2, 0) is 6.42 Å². The lowest BCUT2D eigenvalue weighted by atomic mass is 9.88. The SMILES string of the molecule is CC(C)(C)CC1=CCCCC(C(C)(O)Cc2ccc(-c3ccns3)cc2)=N1. The van der Waals surface area contributed by atoms with Gasteiger partial charge in [0.2, 0.25) is 0 Å². The van der Waals surface area contributed by atoms with E-state index >= 15 is 0 Å². The maximum atomic E-state index is 11.2. The van der Waals surface area contributed by atoms with Gasteiger partial charge in [0.1, 0.15) is 5.60 Å². The first-order valence-corrected chi connectivity index (χ1v) is 10.5. The molecular weight excluding hydrogens is 352 g/mol. The highest BCUT2D eigenvalue weighted by atomic mass is 32.1. The summed E-state index contributed by atoms with van der Waals surface area (Å²) in [7, 11) is 0. The van der Waals surface area contributed by atoms with Crippen molar-refractivity contribution in [2.75, 3.05) is 0 Å². The summed E-state index contributed by atoms with van der Waals surface area (Å²) in [5.41, 5.74) is 3.61. The Bertz CT molecular complexity index is 809. The van der Waals surface area contributed by atoms with Gasteiger partial charge < -0.3 is 5.11 Å². The quantitative estimate of drug-likeness (QED) is 0.684. The smallest absolute Gasteiger partial charge is 0.104 e. The number of aromatic nitrogens is 1. The van der Waals surface area contributed by atoms with Crippen LogP contribution in [0.3, 0.4) is 0 Å². The average Bonchev–Trinajstić information content (AvgIpc) is 3.01. The Balaban J connectivity index is 1.76. The lowest BCUT2D eigenvalue weighted by molar-refractivity contribution is 0.130. The van der Waals surface area contributed by atoms with Crippen molar-refractivity contribution in [3.8, 4) is 10.4 Å². The fourth-order valence-corrected chi connectivity index (χ4v) is 4.11. The molecule has 0 aliphatic carbocycles. The molecule has 3 nitrogen and oxygen atoms in total. The molecule has 0 saturated heterocycles. The Morgan fingerprint density at radius 2 is 1.78 bits per heavy atom. The van der Waals surface area contributed by atoms with Crippen molar-refractivity contribution in [1.82, 2.24) is 4.37 Å². The van der Waals surface area contributed by atoms with Crippen molar-refractivity contribution in [3.63, 3.8) is 0 Å². The second-order valence-electron chi connectivity index (χ2n) is 8.91. The van der Waals surface area contributed by atoms with Crippen molar-refractivity contribution in [2.45, 2.75) is 65.4 Å². The summed E-state index contributed by atoms with van der Waals surface area (Å²) in [5.74, 6) is 0. The third-order valence-electron chi connectivity index (χ3n) is 4.83. The van der Waals surface area contributed by atoms with Crippen LogP contribution in [0.1, 0.15) is 58.9 Å². The van der Waals surface area contributed by atoms with Gasteiger partial charge in [-0.25, -0.2) is 4.37 Å². The Morgan fingerprint density at radius 3 is 2.41 bits per heavy atom. The van der Waals surface area contributed by atoms with Crippen molar-refractivity contribution >= 4 is 17.2 Å². The maximum absolute atomic E-state index is 11.2. The summed E-state index contributed by atoms with van der Waals surface area (Å²) in [4.78, 5) is 6.07. The van der Waals surface area contributed by atoms with Crippen LogP contribution in [-0.4, -0.2) is 20.8 Å². The zero-order valence-corrected chi connectivity index (χ0v) is 17.6. The zero-order valence-electron chi connectivity index (χ0n) is 16.8. The van der Waals surface area contributed by atoms with Crippen molar-refractivity contribution < 1.29 is 5.11 Å². The molecule has 1 aromatic heterocycles. The molecule has 27 heavy (non-hydrogen) atoms. The molecular formula is C23H30N2OS. The molecule has 0 bridgehead atoms. The summed E-state index contributed by atoms with van der Waals surface area (Å²) in [5, 5.41) is 11.2. The Kier molecular flexibility index (Phi) is 5.97. The molecule has 1 atom stereocenters. The van der Waals surface area contributed by atoms with E-state index in [1.807, 2.05) is 19.2 Å². The third kappa shape index (κ3) is 5.60. The molecule has 2 aromatic rings. The molecule has 0 saturated carbocycles. The highest BCUT2D eigenvalue weighted by Crippen LogP contribution is 2.30. The normalized spacial score (nSPS) is 17.7. The van der Waals surface area contributed by atoms with Crippen molar-refractivity contribution in [2.24, 2.45) is 10.4 Å². The van der Waals surface area contributed by atoms with Gasteiger partial charge in [0.25, 0.3) is 0 Å². The molecule has 4 heteroatoms. The second kappa shape index (κ2) is 8.07. The number of allylic oxidation sites excluding steroid dienone is 2. The number of rotatable bonds is 5. The van der Waals surface area contributed by atoms with E-state index in [1.54, 1.807) is 0 Å². The van der Waals surface area contributed by atoms with E-state index in [1.165, 1.54) is 22.0 Å². The average molecular weight is 383 g/mol. The first-order chi connectivity index (χ1) is 12.7. The minimum absolute atomic E-state index is 0.198. The highest BCUT2D eigenvalue weighted by molar-refractivity contribution is 7.09. The standard InChI is InChI=1S/C23H30N2OS/c1-22(2,3)16-19-7-5-6-8-21(25-19)23(4,26)15-17-9-11-18(12-10-17)20-13-14-24-27-20/h7,9-14,26H,5-6,8,15-16H2,1-4H3. The Labute approximate surface area is 167 Å². The van der Waals surface area contributed by atoms with Gasteiger partial charge in [-0.2, -0.15) is 0 Å². The van der Waals surface area contributed by atoms with Crippen LogP contribution in [0.5, 0.6) is 0 Å². The van der Waals surface area contributed by atoms with Crippen LogP contribution >= 0.6 is 11.5 Å². The second-order valence-corrected chi connectivity index (χ2v) is 9.74. The van der Waals surface area contributed by atoms with E-state index < -0.39 is 5.60 Å². The highest BCUT2D eigenvalue weighted by Gasteiger charge is 2.29. The molecule has 2 heterocycles. The minimum Gasteiger partial charge on any atom is -0.384 e. The van der Waals surface area contributed by atoms with Crippen LogP contribution in [0.25, 0.3) is 10.4 Å². The lowest BCUT2D eigenvalue weighted by Crippen LogP contribution is -2.37. The number of hydrogen-bond donors (Lipinski definition) is 1. The van der Waals surface area contributed by atoms with E-state index in [9.17, 15) is 5.11 Å². The van der Waals surface area contributed by atoms with E-state index in [2.05, 4.69) is 55.5 Å². The first-order valence-electron chi connectivity index (χ1n) is 9.72. The number of hydrogen-bond acceptors (Lipinski definition) is 4. The molecule has 0 amide bonds. The summed E-state index contributed by atoms with van der Waals surface area (Å²) in [6, 6.07) is 10.5. The molecule has 1 N–H and O–H groups in total. The molecule has 1 aliphatic rings. The minimum atomic E-state index is -0.923. The van der Waals surface area contributed by atoms with Crippen LogP contribution in [0, 0.1) is 5.41 Å². The van der Waals surface area contributed by atoms with Crippen LogP contribution in [0.2, 0.25) is 0 Å². The van der Waals surface area contributed by atoms with E-state index in [-0.39, 0.29) is 5.41 Å². The lowest BCUT2D eigenvalue weighted by Gasteiger charge is -2.26. The summed E-state index contributed by atoms with van der Waals surface area (Å²) in [6.45, 7) is 8.60. The van der Waals surface area contributed by atoms with Crippen LogP contribution < -0.4 is 0 Å². The summed E-state index contributed by atoms with van der Waals surface area (Å²) in [6.07, 6.45) is 8.54. The topological polar surface area (TPSA) is 45.5 Å². The Hall–Kier alpha value is -1.78. The molecule has 1 aromatic carbocycles. The van der Waals surface area contributed by atoms with Gasteiger partial charge in [-0.05, 0) is 66.7 Å². The number of aliphatic hydroxyl groups is 1. The molecule has 1 unspecified atom stereocenters. The number of nitrogens with zero attached hydrogens (tertiary/aromatic N) is 2. The van der Waals surface area contributed by atoms with Gasteiger partial charge in [-0.3, -0.25) is 4.99 Å². The number of benzene rings is 1. The van der Waals surface area contributed by atoms with Gasteiger partial charge in [0.05, 0.1) is 4.88 Å². The largest absolute Gasteiger partial charge is 0.384 e. The van der Waals surface area contributed by atoms with Crippen LogP contribution in [0.15, 0.2) is 53.3 Å². The van der Waals surface area contributed by atoms with E-state index in [0.717, 1.165) is 42.7 Å². The van der Waals surface area contributed by atoms with Gasteiger partial charge in [0, 0.05) is 24.0 Å². The molecule has 3 rings (SSSR count). The monoisotopic (exact) mass is 382 g/mol. The van der Waals surface area contributed by atoms with Gasteiger partial charge in [0.15, 0.2) is 0 Å². The molecule has 0 fully saturated rings. The predicted octanol–water partition coefficient (Wildman–Crippen LogP) is 6.05. The number of aliphatic imine (C=N–C) groups is 1. The molecule has 0 radical (unpaired) electrons. The summed E-state index contributed by atoms with van der Waals surface area (Å²) < 4.78 is 4.16. The van der Waals surface area contributed by atoms with E-state index in [4.69, 9.17) is 4.99 Å². The Morgan fingerprint density at radius 1 is 1.04 bits per heavy atom. The van der Waals surface area contributed by atoms with Crippen molar-refractivity contribution in [1.29, 1.82) is 0 Å². The molecule has 1 aliphatic heterocycles. The zero-order chi connectivity index (χ0) is 19.5. The van der Waals surface area contributed by atoms with Gasteiger partial charge in [-0.15, -0.1) is 0 Å². The van der Waals surface area contributed by atoms with E-state index in [0.29, 0.717) is 6.42 Å². The molecule has 0 spiro atoms. The fraction of sp³-hybridized carbons (Fsp3) is 0.478.